The van der Waals surface area contributed by atoms with E-state index in [0.29, 0.717) is 29.8 Å². The van der Waals surface area contributed by atoms with E-state index in [2.05, 4.69) is 0 Å². The van der Waals surface area contributed by atoms with Crippen molar-refractivity contribution >= 4 is 17.4 Å². The predicted octanol–water partition coefficient (Wildman–Crippen LogP) is 3.15. The Hall–Kier alpha value is -3.22. The van der Waals surface area contributed by atoms with Crippen molar-refractivity contribution in [2.75, 3.05) is 13.1 Å². The van der Waals surface area contributed by atoms with E-state index in [4.69, 9.17) is 4.74 Å². The first-order valence-corrected chi connectivity index (χ1v) is 8.74. The molecule has 2 aromatic rings. The Bertz CT molecular complexity index is 971. The van der Waals surface area contributed by atoms with Crippen molar-refractivity contribution in [2.24, 2.45) is 0 Å². The third kappa shape index (κ3) is 2.95. The van der Waals surface area contributed by atoms with Gasteiger partial charge in [-0.05, 0) is 25.1 Å². The molecular formula is C20H18N2O5. The van der Waals surface area contributed by atoms with E-state index in [-0.39, 0.29) is 35.9 Å². The van der Waals surface area contributed by atoms with Crippen molar-refractivity contribution in [1.82, 2.24) is 4.90 Å². The van der Waals surface area contributed by atoms with Gasteiger partial charge in [0.15, 0.2) is 5.78 Å². The summed E-state index contributed by atoms with van der Waals surface area (Å²) < 4.78 is 6.13. The first-order chi connectivity index (χ1) is 12.9. The standard InChI is InChI=1S/C20H18N2O5/c1-13-6-7-14(10-16(13)22(25)26)19(24)21-9-8-20(12-21)11-17(23)15-4-2-3-5-18(15)27-20/h2-7,10H,8-9,11-12H2,1H3. The third-order valence-electron chi connectivity index (χ3n) is 5.25. The number of aryl methyl sites for hydroxylation is 1. The van der Waals surface area contributed by atoms with Crippen LogP contribution in [0.2, 0.25) is 0 Å². The molecule has 1 spiro atoms. The number of para-hydroxylation sites is 1. The molecule has 138 valence electrons. The van der Waals surface area contributed by atoms with Crippen LogP contribution in [0.5, 0.6) is 5.75 Å². The summed E-state index contributed by atoms with van der Waals surface area (Å²) in [6.45, 7) is 2.36. The van der Waals surface area contributed by atoms with E-state index in [1.165, 1.54) is 6.07 Å². The molecule has 4 rings (SSSR count). The molecule has 0 N–H and O–H groups in total. The van der Waals surface area contributed by atoms with Gasteiger partial charge in [-0.3, -0.25) is 19.7 Å². The number of carbonyl (C=O) groups is 2. The molecule has 0 bridgehead atoms. The van der Waals surface area contributed by atoms with Gasteiger partial charge in [-0.25, -0.2) is 0 Å². The third-order valence-corrected chi connectivity index (χ3v) is 5.25. The highest BCUT2D eigenvalue weighted by molar-refractivity contribution is 6.00. The van der Waals surface area contributed by atoms with E-state index < -0.39 is 10.5 Å². The van der Waals surface area contributed by atoms with Crippen LogP contribution in [0.25, 0.3) is 0 Å². The number of benzene rings is 2. The number of Topliss-reactive ketones (excluding diaryl/α,β-unsaturated/α-hetero) is 1. The van der Waals surface area contributed by atoms with Crippen LogP contribution in [0.4, 0.5) is 5.69 Å². The molecule has 27 heavy (non-hydrogen) atoms. The zero-order valence-electron chi connectivity index (χ0n) is 14.8. The molecule has 1 saturated heterocycles. The van der Waals surface area contributed by atoms with E-state index in [0.717, 1.165) is 0 Å². The quantitative estimate of drug-likeness (QED) is 0.602. The number of hydrogen-bond donors (Lipinski definition) is 0. The van der Waals surface area contributed by atoms with Gasteiger partial charge in [-0.2, -0.15) is 0 Å². The van der Waals surface area contributed by atoms with Gasteiger partial charge in [0.2, 0.25) is 0 Å². The second kappa shape index (κ2) is 6.19. The fourth-order valence-electron chi connectivity index (χ4n) is 3.81. The largest absolute Gasteiger partial charge is 0.484 e. The average Bonchev–Trinajstić information content (AvgIpc) is 3.04. The smallest absolute Gasteiger partial charge is 0.273 e. The summed E-state index contributed by atoms with van der Waals surface area (Å²) in [5.41, 5.74) is 0.548. The minimum atomic E-state index is -0.724. The monoisotopic (exact) mass is 366 g/mol. The molecule has 7 nitrogen and oxygen atoms in total. The number of ether oxygens (including phenoxy) is 1. The van der Waals surface area contributed by atoms with Gasteiger partial charge in [-0.1, -0.05) is 18.2 Å². The molecule has 1 fully saturated rings. The Balaban J connectivity index is 1.57. The van der Waals surface area contributed by atoms with Crippen LogP contribution in [0.3, 0.4) is 0 Å². The van der Waals surface area contributed by atoms with E-state index >= 15 is 0 Å². The minimum Gasteiger partial charge on any atom is -0.484 e. The number of fused-ring (bicyclic) bond motifs is 1. The average molecular weight is 366 g/mol. The summed E-state index contributed by atoms with van der Waals surface area (Å²) in [7, 11) is 0. The maximum atomic E-state index is 12.8. The molecule has 0 radical (unpaired) electrons. The lowest BCUT2D eigenvalue weighted by Gasteiger charge is -2.34. The normalized spacial score (nSPS) is 21.1. The first-order valence-electron chi connectivity index (χ1n) is 8.74. The van der Waals surface area contributed by atoms with Gasteiger partial charge in [0.05, 0.1) is 23.5 Å². The summed E-state index contributed by atoms with van der Waals surface area (Å²) in [5.74, 6) is 0.274. The van der Waals surface area contributed by atoms with Crippen molar-refractivity contribution < 1.29 is 19.2 Å². The number of ketones is 1. The Kier molecular flexibility index (Phi) is 3.95. The molecule has 7 heteroatoms. The van der Waals surface area contributed by atoms with Crippen molar-refractivity contribution in [3.05, 3.63) is 69.3 Å². The molecule has 0 aliphatic carbocycles. The number of carbonyl (C=O) groups excluding carboxylic acids is 2. The van der Waals surface area contributed by atoms with E-state index in [1.807, 2.05) is 6.07 Å². The van der Waals surface area contributed by atoms with Gasteiger partial charge in [-0.15, -0.1) is 0 Å². The van der Waals surface area contributed by atoms with Crippen molar-refractivity contribution in [1.29, 1.82) is 0 Å². The van der Waals surface area contributed by atoms with Crippen LogP contribution in [-0.4, -0.2) is 40.2 Å². The van der Waals surface area contributed by atoms with Crippen molar-refractivity contribution in [3.63, 3.8) is 0 Å². The van der Waals surface area contributed by atoms with Gasteiger partial charge >= 0.3 is 0 Å². The fourth-order valence-corrected chi connectivity index (χ4v) is 3.81. The Morgan fingerprint density at radius 3 is 2.81 bits per heavy atom. The number of amides is 1. The number of rotatable bonds is 2. The summed E-state index contributed by atoms with van der Waals surface area (Å²) >= 11 is 0. The Morgan fingerprint density at radius 2 is 2.04 bits per heavy atom. The SMILES string of the molecule is Cc1ccc(C(=O)N2CCC3(CC(=O)c4ccccc4O3)C2)cc1[N+](=O)[O-]. The zero-order valence-corrected chi connectivity index (χ0v) is 14.8. The number of hydrogen-bond acceptors (Lipinski definition) is 5. The second-order valence-corrected chi connectivity index (χ2v) is 7.12. The highest BCUT2D eigenvalue weighted by Crippen LogP contribution is 2.39. The molecule has 2 aliphatic heterocycles. The van der Waals surface area contributed by atoms with Crippen LogP contribution < -0.4 is 4.74 Å². The molecule has 1 atom stereocenters. The summed E-state index contributed by atoms with van der Waals surface area (Å²) in [6.07, 6.45) is 0.772. The zero-order chi connectivity index (χ0) is 19.2. The van der Waals surface area contributed by atoms with Gasteiger partial charge in [0.1, 0.15) is 11.4 Å². The topological polar surface area (TPSA) is 89.8 Å². The summed E-state index contributed by atoms with van der Waals surface area (Å²) in [5, 5.41) is 11.1. The van der Waals surface area contributed by atoms with Crippen LogP contribution >= 0.6 is 0 Å². The maximum Gasteiger partial charge on any atom is 0.273 e. The summed E-state index contributed by atoms with van der Waals surface area (Å²) in [4.78, 5) is 37.6. The molecule has 2 aromatic carbocycles. The van der Waals surface area contributed by atoms with Crippen LogP contribution in [0, 0.1) is 17.0 Å². The minimum absolute atomic E-state index is 0.0112. The first kappa shape index (κ1) is 17.2. The van der Waals surface area contributed by atoms with Crippen LogP contribution in [-0.2, 0) is 0 Å². The maximum absolute atomic E-state index is 12.8. The van der Waals surface area contributed by atoms with Crippen molar-refractivity contribution in [2.45, 2.75) is 25.4 Å². The highest BCUT2D eigenvalue weighted by Gasteiger charge is 2.47. The second-order valence-electron chi connectivity index (χ2n) is 7.12. The Labute approximate surface area is 155 Å². The number of likely N-dealkylation sites (tertiary alicyclic amines) is 1. The number of nitrogens with zero attached hydrogens (tertiary/aromatic N) is 2. The molecular weight excluding hydrogens is 348 g/mol. The van der Waals surface area contributed by atoms with Crippen LogP contribution in [0.15, 0.2) is 42.5 Å². The molecule has 2 heterocycles. The summed E-state index contributed by atoms with van der Waals surface area (Å²) in [6, 6.07) is 11.6. The van der Waals surface area contributed by atoms with Gasteiger partial charge < -0.3 is 9.64 Å². The molecule has 1 unspecified atom stereocenters. The van der Waals surface area contributed by atoms with Crippen LogP contribution in [0.1, 0.15) is 39.1 Å². The highest BCUT2D eigenvalue weighted by atomic mass is 16.6. The lowest BCUT2D eigenvalue weighted by molar-refractivity contribution is -0.385. The van der Waals surface area contributed by atoms with Crippen molar-refractivity contribution in [3.8, 4) is 5.75 Å². The molecule has 1 amide bonds. The molecule has 0 aromatic heterocycles. The molecule has 0 saturated carbocycles. The van der Waals surface area contributed by atoms with E-state index in [1.54, 1.807) is 42.2 Å². The number of nitro benzene ring substituents is 1. The molecule has 2 aliphatic rings. The lowest BCUT2D eigenvalue weighted by Crippen LogP contribution is -2.45. The van der Waals surface area contributed by atoms with Gasteiger partial charge in [0.25, 0.3) is 11.6 Å². The number of nitro groups is 1. The lowest BCUT2D eigenvalue weighted by atomic mass is 9.89. The predicted molar refractivity (Wildman–Crippen MR) is 97.1 cm³/mol. The van der Waals surface area contributed by atoms with E-state index in [9.17, 15) is 19.7 Å². The fraction of sp³-hybridized carbons (Fsp3) is 0.300. The van der Waals surface area contributed by atoms with Gasteiger partial charge in [0, 0.05) is 30.2 Å². The Morgan fingerprint density at radius 1 is 1.26 bits per heavy atom.